The van der Waals surface area contributed by atoms with E-state index in [1.165, 1.54) is 0 Å². The average Bonchev–Trinajstić information content (AvgIpc) is 2.63. The molecule has 0 aliphatic carbocycles. The summed E-state index contributed by atoms with van der Waals surface area (Å²) in [5.74, 6) is 1.00. The Hall–Kier alpha value is -1.55. The summed E-state index contributed by atoms with van der Waals surface area (Å²) >= 11 is 6.06. The number of nitrogens with one attached hydrogen (secondary N) is 1. The first-order chi connectivity index (χ1) is 8.08. The average molecular weight is 251 g/mol. The van der Waals surface area contributed by atoms with Crippen LogP contribution in [0, 0.1) is 0 Å². The Morgan fingerprint density at radius 2 is 2.18 bits per heavy atom. The van der Waals surface area contributed by atoms with E-state index in [4.69, 9.17) is 11.6 Å². The number of nitrogens with zero attached hydrogens (tertiary/aromatic N) is 3. The second kappa shape index (κ2) is 4.75. The van der Waals surface area contributed by atoms with Crippen molar-refractivity contribution in [1.29, 1.82) is 0 Å². The van der Waals surface area contributed by atoms with Gasteiger partial charge >= 0.3 is 0 Å². The lowest BCUT2D eigenvalue weighted by atomic mass is 10.1. The van der Waals surface area contributed by atoms with Crippen molar-refractivity contribution in [3.05, 3.63) is 35.2 Å². The molecule has 0 amide bonds. The van der Waals surface area contributed by atoms with Crippen LogP contribution in [0.4, 0.5) is 11.5 Å². The SMILES string of the molecule is CC(C)c1nn(C)cc1Nc1ncccc1Cl. The molecular weight excluding hydrogens is 236 g/mol. The van der Waals surface area contributed by atoms with Crippen LogP contribution in [0.1, 0.15) is 25.5 Å². The molecule has 0 spiro atoms. The third kappa shape index (κ3) is 2.58. The minimum Gasteiger partial charge on any atom is -0.336 e. The number of pyridine rings is 1. The van der Waals surface area contributed by atoms with Gasteiger partial charge in [0.05, 0.1) is 16.4 Å². The molecule has 0 aromatic carbocycles. The summed E-state index contributed by atoms with van der Waals surface area (Å²) in [7, 11) is 1.90. The first-order valence-corrected chi connectivity index (χ1v) is 5.87. The largest absolute Gasteiger partial charge is 0.336 e. The van der Waals surface area contributed by atoms with E-state index in [2.05, 4.69) is 29.2 Å². The molecule has 5 heteroatoms. The Bertz CT molecular complexity index is 519. The van der Waals surface area contributed by atoms with Gasteiger partial charge in [-0.05, 0) is 18.1 Å². The van der Waals surface area contributed by atoms with Crippen LogP contribution in [0.2, 0.25) is 5.02 Å². The summed E-state index contributed by atoms with van der Waals surface area (Å²) in [5.41, 5.74) is 1.96. The first-order valence-electron chi connectivity index (χ1n) is 5.49. The van der Waals surface area contributed by atoms with Gasteiger partial charge in [-0.25, -0.2) is 4.98 Å². The maximum Gasteiger partial charge on any atom is 0.149 e. The van der Waals surface area contributed by atoms with Crippen LogP contribution in [-0.2, 0) is 7.05 Å². The molecule has 0 saturated heterocycles. The van der Waals surface area contributed by atoms with E-state index in [0.29, 0.717) is 16.8 Å². The number of hydrogen-bond acceptors (Lipinski definition) is 3. The van der Waals surface area contributed by atoms with E-state index in [0.717, 1.165) is 11.4 Å². The van der Waals surface area contributed by atoms with Crippen LogP contribution in [0.15, 0.2) is 24.5 Å². The van der Waals surface area contributed by atoms with Crippen LogP contribution >= 0.6 is 11.6 Å². The Labute approximate surface area is 106 Å². The lowest BCUT2D eigenvalue weighted by Gasteiger charge is -2.08. The predicted octanol–water partition coefficient (Wildman–Crippen LogP) is 3.34. The van der Waals surface area contributed by atoms with Crippen LogP contribution in [0.5, 0.6) is 0 Å². The highest BCUT2D eigenvalue weighted by Crippen LogP contribution is 2.27. The molecule has 0 saturated carbocycles. The second-order valence-electron chi connectivity index (χ2n) is 4.22. The number of aromatic nitrogens is 3. The molecule has 2 aromatic heterocycles. The minimum absolute atomic E-state index is 0.348. The molecule has 0 atom stereocenters. The summed E-state index contributed by atoms with van der Waals surface area (Å²) in [5, 5.41) is 8.24. The molecule has 0 aliphatic rings. The van der Waals surface area contributed by atoms with Gasteiger partial charge in [0.25, 0.3) is 0 Å². The van der Waals surface area contributed by atoms with Gasteiger partial charge in [0.15, 0.2) is 0 Å². The highest BCUT2D eigenvalue weighted by molar-refractivity contribution is 6.33. The second-order valence-corrected chi connectivity index (χ2v) is 4.62. The van der Waals surface area contributed by atoms with E-state index in [1.807, 2.05) is 19.3 Å². The van der Waals surface area contributed by atoms with E-state index < -0.39 is 0 Å². The van der Waals surface area contributed by atoms with E-state index >= 15 is 0 Å². The van der Waals surface area contributed by atoms with Crippen LogP contribution in [-0.4, -0.2) is 14.8 Å². The van der Waals surface area contributed by atoms with Crippen molar-refractivity contribution in [2.24, 2.45) is 7.05 Å². The smallest absolute Gasteiger partial charge is 0.149 e. The van der Waals surface area contributed by atoms with Gasteiger partial charge in [0.2, 0.25) is 0 Å². The Kier molecular flexibility index (Phi) is 3.33. The van der Waals surface area contributed by atoms with E-state index in [-0.39, 0.29) is 0 Å². The molecule has 0 fully saturated rings. The molecule has 17 heavy (non-hydrogen) atoms. The molecular formula is C12H15ClN4. The van der Waals surface area contributed by atoms with Crippen LogP contribution < -0.4 is 5.32 Å². The van der Waals surface area contributed by atoms with Gasteiger partial charge in [-0.3, -0.25) is 4.68 Å². The molecule has 2 heterocycles. The van der Waals surface area contributed by atoms with Crippen molar-refractivity contribution in [3.63, 3.8) is 0 Å². The number of hydrogen-bond donors (Lipinski definition) is 1. The third-order valence-corrected chi connectivity index (χ3v) is 2.72. The Morgan fingerprint density at radius 1 is 1.41 bits per heavy atom. The van der Waals surface area contributed by atoms with Gasteiger partial charge in [-0.15, -0.1) is 0 Å². The zero-order valence-corrected chi connectivity index (χ0v) is 10.9. The lowest BCUT2D eigenvalue weighted by molar-refractivity contribution is 0.713. The molecule has 0 radical (unpaired) electrons. The standard InChI is InChI=1S/C12H15ClN4/c1-8(2)11-10(7-17(3)16-11)15-12-9(13)5-4-6-14-12/h4-8H,1-3H3,(H,14,15). The number of anilines is 2. The van der Waals surface area contributed by atoms with E-state index in [1.54, 1.807) is 16.9 Å². The number of rotatable bonds is 3. The molecule has 1 N–H and O–H groups in total. The Balaban J connectivity index is 2.33. The molecule has 90 valence electrons. The Morgan fingerprint density at radius 3 is 2.82 bits per heavy atom. The van der Waals surface area contributed by atoms with Gasteiger partial charge in [0, 0.05) is 19.4 Å². The maximum absolute atomic E-state index is 6.06. The normalized spacial score (nSPS) is 10.9. The predicted molar refractivity (Wildman–Crippen MR) is 69.8 cm³/mol. The van der Waals surface area contributed by atoms with Crippen molar-refractivity contribution in [3.8, 4) is 0 Å². The molecule has 2 rings (SSSR count). The van der Waals surface area contributed by atoms with Gasteiger partial charge < -0.3 is 5.32 Å². The summed E-state index contributed by atoms with van der Waals surface area (Å²) in [6.07, 6.45) is 3.64. The topological polar surface area (TPSA) is 42.7 Å². The highest BCUT2D eigenvalue weighted by Gasteiger charge is 2.12. The fraction of sp³-hybridized carbons (Fsp3) is 0.333. The first kappa shape index (κ1) is 11.9. The molecule has 2 aromatic rings. The zero-order valence-electron chi connectivity index (χ0n) is 10.1. The molecule has 0 bridgehead atoms. The third-order valence-electron chi connectivity index (χ3n) is 2.42. The van der Waals surface area contributed by atoms with Crippen molar-refractivity contribution in [2.75, 3.05) is 5.32 Å². The van der Waals surface area contributed by atoms with Crippen molar-refractivity contribution >= 4 is 23.1 Å². The van der Waals surface area contributed by atoms with Gasteiger partial charge in [-0.1, -0.05) is 25.4 Å². The van der Waals surface area contributed by atoms with Crippen molar-refractivity contribution in [1.82, 2.24) is 14.8 Å². The van der Waals surface area contributed by atoms with Gasteiger partial charge in [0.1, 0.15) is 5.82 Å². The van der Waals surface area contributed by atoms with Crippen molar-refractivity contribution < 1.29 is 0 Å². The summed E-state index contributed by atoms with van der Waals surface area (Å²) in [6.45, 7) is 4.21. The lowest BCUT2D eigenvalue weighted by Crippen LogP contribution is -1.98. The fourth-order valence-corrected chi connectivity index (χ4v) is 1.80. The van der Waals surface area contributed by atoms with Crippen LogP contribution in [0.3, 0.4) is 0 Å². The number of aryl methyl sites for hydroxylation is 1. The quantitative estimate of drug-likeness (QED) is 0.909. The maximum atomic E-state index is 6.06. The minimum atomic E-state index is 0.348. The summed E-state index contributed by atoms with van der Waals surface area (Å²) in [6, 6.07) is 3.61. The monoisotopic (exact) mass is 250 g/mol. The van der Waals surface area contributed by atoms with Gasteiger partial charge in [-0.2, -0.15) is 5.10 Å². The van der Waals surface area contributed by atoms with E-state index in [9.17, 15) is 0 Å². The van der Waals surface area contributed by atoms with Crippen molar-refractivity contribution in [2.45, 2.75) is 19.8 Å². The molecule has 0 unspecified atom stereocenters. The molecule has 4 nitrogen and oxygen atoms in total. The summed E-state index contributed by atoms with van der Waals surface area (Å²) in [4.78, 5) is 4.20. The number of halogens is 1. The summed E-state index contributed by atoms with van der Waals surface area (Å²) < 4.78 is 1.79. The fourth-order valence-electron chi connectivity index (χ4n) is 1.63. The zero-order chi connectivity index (χ0) is 12.4. The highest BCUT2D eigenvalue weighted by atomic mass is 35.5. The molecule has 0 aliphatic heterocycles. The van der Waals surface area contributed by atoms with Crippen LogP contribution in [0.25, 0.3) is 0 Å².